The SMILES string of the molecule is CCOc1cc(/C=C2\SC(=Nc3ccccc3CC)N(C)C2=O)cc(Cl)c1O. The molecule has 146 valence electrons. The van der Waals surface area contributed by atoms with Crippen LogP contribution in [0.3, 0.4) is 0 Å². The number of carbonyl (C=O) groups excluding carboxylic acids is 1. The molecule has 0 saturated carbocycles. The van der Waals surface area contributed by atoms with E-state index in [1.807, 2.05) is 31.2 Å². The minimum Gasteiger partial charge on any atom is -0.503 e. The fraction of sp³-hybridized carbons (Fsp3) is 0.238. The van der Waals surface area contributed by atoms with Crippen LogP contribution >= 0.6 is 23.4 Å². The molecule has 1 fully saturated rings. The monoisotopic (exact) mass is 416 g/mol. The molecule has 0 radical (unpaired) electrons. The van der Waals surface area contributed by atoms with E-state index >= 15 is 0 Å². The number of phenols is 1. The summed E-state index contributed by atoms with van der Waals surface area (Å²) in [5.74, 6) is 0.0444. The van der Waals surface area contributed by atoms with Crippen LogP contribution in [0.1, 0.15) is 25.0 Å². The summed E-state index contributed by atoms with van der Waals surface area (Å²) in [7, 11) is 1.71. The summed E-state index contributed by atoms with van der Waals surface area (Å²) in [6, 6.07) is 11.2. The number of carbonyl (C=O) groups is 1. The van der Waals surface area contributed by atoms with Crippen LogP contribution in [-0.4, -0.2) is 34.7 Å². The molecule has 28 heavy (non-hydrogen) atoms. The number of nitrogens with zero attached hydrogens (tertiary/aromatic N) is 2. The summed E-state index contributed by atoms with van der Waals surface area (Å²) in [6.45, 7) is 4.29. The van der Waals surface area contributed by atoms with Crippen molar-refractivity contribution in [3.63, 3.8) is 0 Å². The summed E-state index contributed by atoms with van der Waals surface area (Å²) >= 11 is 7.40. The molecule has 1 aliphatic rings. The first-order valence-electron chi connectivity index (χ1n) is 8.94. The van der Waals surface area contributed by atoms with Gasteiger partial charge in [0.25, 0.3) is 5.91 Å². The lowest BCUT2D eigenvalue weighted by atomic mass is 10.1. The van der Waals surface area contributed by atoms with Gasteiger partial charge in [-0.1, -0.05) is 36.7 Å². The number of amides is 1. The third-order valence-electron chi connectivity index (χ3n) is 4.24. The minimum absolute atomic E-state index is 0.105. The first-order chi connectivity index (χ1) is 13.4. The number of likely N-dealkylation sites (N-methyl/N-ethyl adjacent to an activating group) is 1. The molecular formula is C21H21ClN2O3S. The summed E-state index contributed by atoms with van der Waals surface area (Å²) in [4.78, 5) is 19.4. The molecule has 1 amide bonds. The fourth-order valence-corrected chi connectivity index (χ4v) is 3.97. The molecular weight excluding hydrogens is 396 g/mol. The van der Waals surface area contributed by atoms with Crippen LogP contribution in [0, 0.1) is 0 Å². The molecule has 0 bridgehead atoms. The molecule has 0 atom stereocenters. The average Bonchev–Trinajstić information content (AvgIpc) is 2.94. The predicted molar refractivity (Wildman–Crippen MR) is 116 cm³/mol. The molecule has 3 rings (SSSR count). The molecule has 0 spiro atoms. The standard InChI is InChI=1S/C21H21ClN2O3S/c1-4-14-8-6-7-9-16(14)23-21-24(3)20(26)18(28-21)12-13-10-15(22)19(25)17(11-13)27-5-2/h6-12,25H,4-5H2,1-3H3/b18-12-,23-21?. The van der Waals surface area contributed by atoms with Crippen molar-refractivity contribution in [3.05, 3.63) is 57.5 Å². The third-order valence-corrected chi connectivity index (χ3v) is 5.59. The molecule has 0 aromatic heterocycles. The zero-order valence-corrected chi connectivity index (χ0v) is 17.5. The van der Waals surface area contributed by atoms with Gasteiger partial charge >= 0.3 is 0 Å². The highest BCUT2D eigenvalue weighted by Gasteiger charge is 2.30. The van der Waals surface area contributed by atoms with Gasteiger partial charge in [-0.25, -0.2) is 4.99 Å². The summed E-state index contributed by atoms with van der Waals surface area (Å²) in [6.07, 6.45) is 2.59. The van der Waals surface area contributed by atoms with Gasteiger partial charge in [0.05, 0.1) is 22.2 Å². The lowest BCUT2D eigenvalue weighted by Gasteiger charge is -2.09. The highest BCUT2D eigenvalue weighted by Crippen LogP contribution is 2.38. The minimum atomic E-state index is -0.139. The lowest BCUT2D eigenvalue weighted by molar-refractivity contribution is -0.121. The van der Waals surface area contributed by atoms with Gasteiger partial charge in [-0.3, -0.25) is 9.69 Å². The van der Waals surface area contributed by atoms with Gasteiger partial charge in [-0.2, -0.15) is 0 Å². The van der Waals surface area contributed by atoms with Crippen LogP contribution < -0.4 is 4.74 Å². The van der Waals surface area contributed by atoms with Crippen LogP contribution in [0.5, 0.6) is 11.5 Å². The highest BCUT2D eigenvalue weighted by molar-refractivity contribution is 8.18. The Balaban J connectivity index is 1.95. The molecule has 1 saturated heterocycles. The number of para-hydroxylation sites is 1. The van der Waals surface area contributed by atoms with E-state index in [-0.39, 0.29) is 22.4 Å². The third kappa shape index (κ3) is 4.18. The number of halogens is 1. The zero-order chi connectivity index (χ0) is 20.3. The highest BCUT2D eigenvalue weighted by atomic mass is 35.5. The molecule has 7 heteroatoms. The van der Waals surface area contributed by atoms with E-state index in [9.17, 15) is 9.90 Å². The van der Waals surface area contributed by atoms with E-state index in [0.29, 0.717) is 22.2 Å². The molecule has 0 aliphatic carbocycles. The number of aryl methyl sites for hydroxylation is 1. The number of phenolic OH excluding ortho intramolecular Hbond substituents is 1. The summed E-state index contributed by atoms with van der Waals surface area (Å²) in [5, 5.41) is 10.8. The van der Waals surface area contributed by atoms with Gasteiger partial charge < -0.3 is 9.84 Å². The Labute approximate surface area is 173 Å². The average molecular weight is 417 g/mol. The Bertz CT molecular complexity index is 972. The maximum atomic E-state index is 12.7. The van der Waals surface area contributed by atoms with Crippen LogP contribution in [0.15, 0.2) is 46.3 Å². The van der Waals surface area contributed by atoms with E-state index in [4.69, 9.17) is 16.3 Å². The number of hydrogen-bond donors (Lipinski definition) is 1. The molecule has 1 N–H and O–H groups in total. The largest absolute Gasteiger partial charge is 0.503 e. The number of hydrogen-bond acceptors (Lipinski definition) is 5. The Morgan fingerprint density at radius 2 is 2.04 bits per heavy atom. The Morgan fingerprint density at radius 1 is 1.29 bits per heavy atom. The first-order valence-corrected chi connectivity index (χ1v) is 10.1. The van der Waals surface area contributed by atoms with E-state index in [1.54, 1.807) is 25.3 Å². The smallest absolute Gasteiger partial charge is 0.266 e. The van der Waals surface area contributed by atoms with Crippen molar-refractivity contribution >= 4 is 46.2 Å². The van der Waals surface area contributed by atoms with E-state index in [0.717, 1.165) is 17.7 Å². The van der Waals surface area contributed by atoms with Gasteiger partial charge in [0.2, 0.25) is 0 Å². The van der Waals surface area contributed by atoms with Gasteiger partial charge in [0, 0.05) is 7.05 Å². The van der Waals surface area contributed by atoms with Gasteiger partial charge in [-0.15, -0.1) is 0 Å². The summed E-state index contributed by atoms with van der Waals surface area (Å²) in [5.41, 5.74) is 2.66. The number of aliphatic imine (C=N–C) groups is 1. The van der Waals surface area contributed by atoms with Gasteiger partial charge in [-0.05, 0) is 60.5 Å². The molecule has 1 aliphatic heterocycles. The number of benzene rings is 2. The van der Waals surface area contributed by atoms with Gasteiger partial charge in [0.1, 0.15) is 0 Å². The fourth-order valence-electron chi connectivity index (χ4n) is 2.77. The normalized spacial score (nSPS) is 17.0. The van der Waals surface area contributed by atoms with Crippen molar-refractivity contribution in [2.75, 3.05) is 13.7 Å². The second kappa shape index (κ2) is 8.71. The lowest BCUT2D eigenvalue weighted by Crippen LogP contribution is -2.23. The van der Waals surface area contributed by atoms with E-state index < -0.39 is 0 Å². The topological polar surface area (TPSA) is 62.1 Å². The van der Waals surface area contributed by atoms with Crippen molar-refractivity contribution in [2.24, 2.45) is 4.99 Å². The molecule has 2 aromatic carbocycles. The summed E-state index contributed by atoms with van der Waals surface area (Å²) < 4.78 is 5.41. The molecule has 0 unspecified atom stereocenters. The predicted octanol–water partition coefficient (Wildman–Crippen LogP) is 5.24. The Hall–Kier alpha value is -2.44. The van der Waals surface area contributed by atoms with Crippen molar-refractivity contribution in [3.8, 4) is 11.5 Å². The Morgan fingerprint density at radius 3 is 2.75 bits per heavy atom. The Kier molecular flexibility index (Phi) is 6.31. The second-order valence-electron chi connectivity index (χ2n) is 6.13. The van der Waals surface area contributed by atoms with Crippen molar-refractivity contribution in [1.29, 1.82) is 0 Å². The van der Waals surface area contributed by atoms with Crippen molar-refractivity contribution in [2.45, 2.75) is 20.3 Å². The number of ether oxygens (including phenoxy) is 1. The number of aromatic hydroxyl groups is 1. The maximum absolute atomic E-state index is 12.7. The molecule has 1 heterocycles. The van der Waals surface area contributed by atoms with Crippen LogP contribution in [0.25, 0.3) is 6.08 Å². The molecule has 5 nitrogen and oxygen atoms in total. The van der Waals surface area contributed by atoms with E-state index in [2.05, 4.69) is 11.9 Å². The van der Waals surface area contributed by atoms with Crippen molar-refractivity contribution in [1.82, 2.24) is 4.90 Å². The van der Waals surface area contributed by atoms with Crippen LogP contribution in [0.4, 0.5) is 5.69 Å². The first kappa shape index (κ1) is 20.3. The van der Waals surface area contributed by atoms with Crippen LogP contribution in [0.2, 0.25) is 5.02 Å². The number of amidine groups is 1. The number of rotatable bonds is 5. The van der Waals surface area contributed by atoms with Crippen molar-refractivity contribution < 1.29 is 14.6 Å². The van der Waals surface area contributed by atoms with Gasteiger partial charge in [0.15, 0.2) is 16.7 Å². The molecule has 2 aromatic rings. The number of thioether (sulfide) groups is 1. The maximum Gasteiger partial charge on any atom is 0.266 e. The zero-order valence-electron chi connectivity index (χ0n) is 15.9. The van der Waals surface area contributed by atoms with Crippen LogP contribution in [-0.2, 0) is 11.2 Å². The van der Waals surface area contributed by atoms with E-state index in [1.165, 1.54) is 16.7 Å². The quantitative estimate of drug-likeness (QED) is 0.677. The second-order valence-corrected chi connectivity index (χ2v) is 7.55.